The van der Waals surface area contributed by atoms with Crippen LogP contribution in [-0.2, 0) is 11.4 Å². The summed E-state index contributed by atoms with van der Waals surface area (Å²) < 4.78 is 21.9. The minimum absolute atomic E-state index is 0.187. The van der Waals surface area contributed by atoms with Crippen molar-refractivity contribution in [1.82, 2.24) is 5.43 Å². The third kappa shape index (κ3) is 6.50. The first-order valence-electron chi connectivity index (χ1n) is 9.62. The molecule has 1 amide bonds. The second-order valence-corrected chi connectivity index (χ2v) is 6.42. The number of para-hydroxylation sites is 2. The Balaban J connectivity index is 1.52. The van der Waals surface area contributed by atoms with E-state index in [2.05, 4.69) is 10.5 Å². The highest BCUT2D eigenvalue weighted by Gasteiger charge is 2.07. The predicted octanol–water partition coefficient (Wildman–Crippen LogP) is 3.81. The third-order valence-corrected chi connectivity index (χ3v) is 4.26. The summed E-state index contributed by atoms with van der Waals surface area (Å²) in [7, 11) is 3.11. The van der Waals surface area contributed by atoms with Crippen LogP contribution in [0.1, 0.15) is 11.1 Å². The highest BCUT2D eigenvalue weighted by molar-refractivity contribution is 5.83. The molecule has 3 aromatic carbocycles. The summed E-state index contributed by atoms with van der Waals surface area (Å²) in [5, 5.41) is 3.96. The Hall–Kier alpha value is -4.00. The SMILES string of the molecule is COc1ccccc1OCC(=O)N/N=C\c1ccc(OCc2ccccc2)c(OC)c1. The van der Waals surface area contributed by atoms with Crippen LogP contribution in [0.5, 0.6) is 23.0 Å². The van der Waals surface area contributed by atoms with Crippen LogP contribution in [0.3, 0.4) is 0 Å². The van der Waals surface area contributed by atoms with E-state index in [1.165, 1.54) is 6.21 Å². The van der Waals surface area contributed by atoms with Crippen molar-refractivity contribution in [1.29, 1.82) is 0 Å². The van der Waals surface area contributed by atoms with Gasteiger partial charge in [-0.05, 0) is 41.5 Å². The summed E-state index contributed by atoms with van der Waals surface area (Å²) in [4.78, 5) is 12.0. The van der Waals surface area contributed by atoms with E-state index in [1.54, 1.807) is 44.6 Å². The van der Waals surface area contributed by atoms with Gasteiger partial charge in [0, 0.05) is 0 Å². The van der Waals surface area contributed by atoms with Gasteiger partial charge < -0.3 is 18.9 Å². The maximum atomic E-state index is 12.0. The molecule has 160 valence electrons. The Morgan fingerprint density at radius 1 is 0.839 bits per heavy atom. The minimum atomic E-state index is -0.392. The Morgan fingerprint density at radius 2 is 1.52 bits per heavy atom. The normalized spacial score (nSPS) is 10.5. The Morgan fingerprint density at radius 3 is 2.26 bits per heavy atom. The first kappa shape index (κ1) is 21.7. The van der Waals surface area contributed by atoms with Gasteiger partial charge in [0.2, 0.25) is 0 Å². The monoisotopic (exact) mass is 420 g/mol. The van der Waals surface area contributed by atoms with Crippen molar-refractivity contribution in [2.75, 3.05) is 20.8 Å². The zero-order valence-electron chi connectivity index (χ0n) is 17.4. The average Bonchev–Trinajstić information content (AvgIpc) is 2.82. The highest BCUT2D eigenvalue weighted by Crippen LogP contribution is 2.28. The van der Waals surface area contributed by atoms with Crippen molar-refractivity contribution in [2.24, 2.45) is 5.10 Å². The molecule has 3 rings (SSSR count). The molecule has 0 aromatic heterocycles. The predicted molar refractivity (Wildman–Crippen MR) is 118 cm³/mol. The second-order valence-electron chi connectivity index (χ2n) is 6.42. The van der Waals surface area contributed by atoms with Crippen molar-refractivity contribution in [2.45, 2.75) is 6.61 Å². The van der Waals surface area contributed by atoms with E-state index in [0.717, 1.165) is 11.1 Å². The number of hydrogen-bond acceptors (Lipinski definition) is 6. The fraction of sp³-hybridized carbons (Fsp3) is 0.167. The van der Waals surface area contributed by atoms with Gasteiger partial charge >= 0.3 is 0 Å². The number of carbonyl (C=O) groups is 1. The number of amides is 1. The summed E-state index contributed by atoms with van der Waals surface area (Å²) in [6, 6.07) is 22.4. The van der Waals surface area contributed by atoms with Gasteiger partial charge in [0.15, 0.2) is 29.6 Å². The maximum absolute atomic E-state index is 12.0. The van der Waals surface area contributed by atoms with Crippen molar-refractivity contribution >= 4 is 12.1 Å². The molecule has 0 fully saturated rings. The zero-order valence-corrected chi connectivity index (χ0v) is 17.4. The van der Waals surface area contributed by atoms with Crippen molar-refractivity contribution in [3.63, 3.8) is 0 Å². The van der Waals surface area contributed by atoms with Crippen LogP contribution in [0.4, 0.5) is 0 Å². The molecule has 7 nitrogen and oxygen atoms in total. The molecule has 1 N–H and O–H groups in total. The largest absolute Gasteiger partial charge is 0.493 e. The number of ether oxygens (including phenoxy) is 4. The maximum Gasteiger partial charge on any atom is 0.277 e. The van der Waals surface area contributed by atoms with Crippen LogP contribution in [0, 0.1) is 0 Å². The van der Waals surface area contributed by atoms with Gasteiger partial charge in [-0.15, -0.1) is 0 Å². The molecular weight excluding hydrogens is 396 g/mol. The summed E-state index contributed by atoms with van der Waals surface area (Å²) in [6.07, 6.45) is 1.52. The molecule has 0 unspecified atom stereocenters. The zero-order chi connectivity index (χ0) is 21.9. The van der Waals surface area contributed by atoms with Crippen LogP contribution in [0.2, 0.25) is 0 Å². The van der Waals surface area contributed by atoms with Gasteiger partial charge in [-0.3, -0.25) is 4.79 Å². The number of methoxy groups -OCH3 is 2. The Bertz CT molecular complexity index is 1020. The van der Waals surface area contributed by atoms with Gasteiger partial charge in [-0.1, -0.05) is 42.5 Å². The fourth-order valence-corrected chi connectivity index (χ4v) is 2.71. The van der Waals surface area contributed by atoms with E-state index in [4.69, 9.17) is 18.9 Å². The minimum Gasteiger partial charge on any atom is -0.493 e. The first-order chi connectivity index (χ1) is 15.2. The summed E-state index contributed by atoms with van der Waals surface area (Å²) in [5.41, 5.74) is 4.24. The lowest BCUT2D eigenvalue weighted by atomic mass is 10.2. The number of benzene rings is 3. The number of hydrazone groups is 1. The third-order valence-electron chi connectivity index (χ3n) is 4.26. The van der Waals surface area contributed by atoms with E-state index < -0.39 is 5.91 Å². The number of carbonyl (C=O) groups excluding carboxylic acids is 1. The summed E-state index contributed by atoms with van der Waals surface area (Å²) in [6.45, 7) is 0.250. The molecule has 0 saturated carbocycles. The smallest absolute Gasteiger partial charge is 0.277 e. The lowest BCUT2D eigenvalue weighted by Gasteiger charge is -2.11. The van der Waals surface area contributed by atoms with Crippen molar-refractivity contribution in [3.05, 3.63) is 83.9 Å². The van der Waals surface area contributed by atoms with E-state index in [9.17, 15) is 4.79 Å². The van der Waals surface area contributed by atoms with E-state index in [-0.39, 0.29) is 6.61 Å². The highest BCUT2D eigenvalue weighted by atomic mass is 16.5. The molecule has 0 aliphatic rings. The van der Waals surface area contributed by atoms with Crippen molar-refractivity contribution in [3.8, 4) is 23.0 Å². The van der Waals surface area contributed by atoms with Crippen molar-refractivity contribution < 1.29 is 23.7 Å². The van der Waals surface area contributed by atoms with Crippen LogP contribution in [0.25, 0.3) is 0 Å². The number of nitrogens with zero attached hydrogens (tertiary/aromatic N) is 1. The first-order valence-corrected chi connectivity index (χ1v) is 9.62. The molecule has 0 bridgehead atoms. The molecule has 0 spiro atoms. The Kier molecular flexibility index (Phi) is 7.88. The molecule has 0 radical (unpaired) electrons. The van der Waals surface area contributed by atoms with Crippen LogP contribution >= 0.6 is 0 Å². The fourth-order valence-electron chi connectivity index (χ4n) is 2.71. The molecule has 3 aromatic rings. The average molecular weight is 420 g/mol. The standard InChI is InChI=1S/C24H24N2O5/c1-28-20-10-6-7-11-21(20)31-17-24(27)26-25-15-19-12-13-22(23(14-19)29-2)30-16-18-8-4-3-5-9-18/h3-15H,16-17H2,1-2H3,(H,26,27)/b25-15-. The van der Waals surface area contributed by atoms with Crippen LogP contribution in [0.15, 0.2) is 77.9 Å². The number of hydrogen-bond donors (Lipinski definition) is 1. The number of rotatable bonds is 10. The Labute approximate surface area is 181 Å². The summed E-state index contributed by atoms with van der Waals surface area (Å²) >= 11 is 0. The number of nitrogens with one attached hydrogen (secondary N) is 1. The second kappa shape index (κ2) is 11.3. The van der Waals surface area contributed by atoms with E-state index >= 15 is 0 Å². The molecular formula is C24H24N2O5. The van der Waals surface area contributed by atoms with E-state index in [1.807, 2.05) is 42.5 Å². The molecule has 7 heteroatoms. The molecule has 0 aliphatic heterocycles. The van der Waals surface area contributed by atoms with Gasteiger partial charge in [0.1, 0.15) is 6.61 Å². The van der Waals surface area contributed by atoms with Gasteiger partial charge in [-0.2, -0.15) is 5.10 Å². The molecule has 31 heavy (non-hydrogen) atoms. The van der Waals surface area contributed by atoms with Gasteiger partial charge in [0.05, 0.1) is 20.4 Å². The molecule has 0 atom stereocenters. The topological polar surface area (TPSA) is 78.4 Å². The van der Waals surface area contributed by atoms with Crippen LogP contribution < -0.4 is 24.4 Å². The van der Waals surface area contributed by atoms with Crippen LogP contribution in [-0.4, -0.2) is 32.9 Å². The van der Waals surface area contributed by atoms with E-state index in [0.29, 0.717) is 29.6 Å². The molecule has 0 aliphatic carbocycles. The summed E-state index contributed by atoms with van der Waals surface area (Å²) in [5.74, 6) is 1.85. The lowest BCUT2D eigenvalue weighted by Crippen LogP contribution is -2.24. The molecule has 0 saturated heterocycles. The molecule has 0 heterocycles. The van der Waals surface area contributed by atoms with Gasteiger partial charge in [-0.25, -0.2) is 5.43 Å². The van der Waals surface area contributed by atoms with Gasteiger partial charge in [0.25, 0.3) is 5.91 Å². The lowest BCUT2D eigenvalue weighted by molar-refractivity contribution is -0.123. The quantitative estimate of drug-likeness (QED) is 0.399.